The first-order chi connectivity index (χ1) is 8.62. The minimum Gasteiger partial charge on any atom is -0.355 e. The van der Waals surface area contributed by atoms with Gasteiger partial charge in [0, 0.05) is 13.1 Å². The van der Waals surface area contributed by atoms with Crippen molar-refractivity contribution in [1.82, 2.24) is 10.6 Å². The van der Waals surface area contributed by atoms with E-state index >= 15 is 0 Å². The lowest BCUT2D eigenvalue weighted by Crippen LogP contribution is -2.49. The Morgan fingerprint density at radius 2 is 2.11 bits per heavy atom. The van der Waals surface area contributed by atoms with E-state index in [1.807, 2.05) is 0 Å². The van der Waals surface area contributed by atoms with E-state index in [0.717, 1.165) is 38.4 Å². The molecule has 2 N–H and O–H groups in total. The standard InChI is InChI=1S/C15H28N2O/c1-12-6-3-4-7-13(12)10-17-14(18)15(2)8-5-9-16-11-15/h12-13,16H,3-11H2,1-2H3,(H,17,18). The maximum atomic E-state index is 12.3. The summed E-state index contributed by atoms with van der Waals surface area (Å²) >= 11 is 0. The normalized spacial score (nSPS) is 37.2. The maximum Gasteiger partial charge on any atom is 0.227 e. The van der Waals surface area contributed by atoms with Crippen LogP contribution >= 0.6 is 0 Å². The highest BCUT2D eigenvalue weighted by Crippen LogP contribution is 2.30. The molecule has 18 heavy (non-hydrogen) atoms. The molecule has 2 rings (SSSR count). The predicted molar refractivity (Wildman–Crippen MR) is 74.3 cm³/mol. The smallest absolute Gasteiger partial charge is 0.227 e. The predicted octanol–water partition coefficient (Wildman–Crippen LogP) is 2.32. The fraction of sp³-hybridized carbons (Fsp3) is 0.933. The van der Waals surface area contributed by atoms with Crippen molar-refractivity contribution in [2.75, 3.05) is 19.6 Å². The minimum atomic E-state index is -0.184. The topological polar surface area (TPSA) is 41.1 Å². The second-order valence-electron chi connectivity index (χ2n) is 6.57. The van der Waals surface area contributed by atoms with Crippen LogP contribution in [0, 0.1) is 17.3 Å². The van der Waals surface area contributed by atoms with Gasteiger partial charge >= 0.3 is 0 Å². The molecular formula is C15H28N2O. The Kier molecular flexibility index (Phi) is 4.66. The van der Waals surface area contributed by atoms with Gasteiger partial charge in [-0.15, -0.1) is 0 Å². The van der Waals surface area contributed by atoms with Gasteiger partial charge < -0.3 is 10.6 Å². The molecular weight excluding hydrogens is 224 g/mol. The van der Waals surface area contributed by atoms with E-state index < -0.39 is 0 Å². The zero-order valence-electron chi connectivity index (χ0n) is 11.9. The summed E-state index contributed by atoms with van der Waals surface area (Å²) in [7, 11) is 0. The molecule has 1 saturated heterocycles. The average Bonchev–Trinajstić information content (AvgIpc) is 2.38. The van der Waals surface area contributed by atoms with E-state index in [2.05, 4.69) is 24.5 Å². The van der Waals surface area contributed by atoms with E-state index in [1.165, 1.54) is 25.7 Å². The number of rotatable bonds is 3. The summed E-state index contributed by atoms with van der Waals surface area (Å²) < 4.78 is 0. The summed E-state index contributed by atoms with van der Waals surface area (Å²) in [5.41, 5.74) is -0.184. The lowest BCUT2D eigenvalue weighted by molar-refractivity contribution is -0.131. The van der Waals surface area contributed by atoms with Crippen LogP contribution in [0.1, 0.15) is 52.4 Å². The molecule has 2 fully saturated rings. The number of piperidine rings is 1. The largest absolute Gasteiger partial charge is 0.355 e. The third-order valence-electron chi connectivity index (χ3n) is 4.96. The molecule has 104 valence electrons. The monoisotopic (exact) mass is 252 g/mol. The van der Waals surface area contributed by atoms with E-state index in [-0.39, 0.29) is 11.3 Å². The third-order valence-corrected chi connectivity index (χ3v) is 4.96. The zero-order valence-corrected chi connectivity index (χ0v) is 11.9. The number of carbonyl (C=O) groups is 1. The second kappa shape index (κ2) is 6.05. The molecule has 1 heterocycles. The molecule has 1 aliphatic carbocycles. The molecule has 0 bridgehead atoms. The van der Waals surface area contributed by atoms with Gasteiger partial charge in [0.05, 0.1) is 5.41 Å². The highest BCUT2D eigenvalue weighted by molar-refractivity contribution is 5.82. The van der Waals surface area contributed by atoms with Crippen LogP contribution in [0.3, 0.4) is 0 Å². The molecule has 3 atom stereocenters. The van der Waals surface area contributed by atoms with Crippen molar-refractivity contribution in [2.24, 2.45) is 17.3 Å². The van der Waals surface area contributed by atoms with Gasteiger partial charge in [-0.1, -0.05) is 26.2 Å². The lowest BCUT2D eigenvalue weighted by Gasteiger charge is -2.34. The van der Waals surface area contributed by atoms with Gasteiger partial charge in [-0.05, 0) is 44.6 Å². The van der Waals surface area contributed by atoms with E-state index in [0.29, 0.717) is 5.92 Å². The second-order valence-corrected chi connectivity index (χ2v) is 6.57. The minimum absolute atomic E-state index is 0.184. The summed E-state index contributed by atoms with van der Waals surface area (Å²) in [5, 5.41) is 6.56. The van der Waals surface area contributed by atoms with Crippen LogP contribution < -0.4 is 10.6 Å². The summed E-state index contributed by atoms with van der Waals surface area (Å²) in [5.74, 6) is 1.73. The van der Waals surface area contributed by atoms with Gasteiger partial charge in [-0.2, -0.15) is 0 Å². The lowest BCUT2D eigenvalue weighted by atomic mass is 9.79. The van der Waals surface area contributed by atoms with Gasteiger partial charge in [0.1, 0.15) is 0 Å². The molecule has 2 aliphatic rings. The van der Waals surface area contributed by atoms with Crippen LogP contribution in [-0.4, -0.2) is 25.5 Å². The molecule has 1 saturated carbocycles. The van der Waals surface area contributed by atoms with Crippen LogP contribution in [-0.2, 0) is 4.79 Å². The maximum absolute atomic E-state index is 12.3. The first-order valence-corrected chi connectivity index (χ1v) is 7.61. The third kappa shape index (κ3) is 3.25. The van der Waals surface area contributed by atoms with Gasteiger partial charge in [-0.3, -0.25) is 4.79 Å². The molecule has 0 aromatic carbocycles. The van der Waals surface area contributed by atoms with Crippen LogP contribution in [0.25, 0.3) is 0 Å². The van der Waals surface area contributed by atoms with Crippen molar-refractivity contribution >= 4 is 5.91 Å². The Morgan fingerprint density at radius 3 is 2.78 bits per heavy atom. The Labute approximate surface area is 111 Å². The Balaban J connectivity index is 1.80. The fourth-order valence-electron chi connectivity index (χ4n) is 3.38. The van der Waals surface area contributed by atoms with Crippen LogP contribution in [0.4, 0.5) is 0 Å². The molecule has 3 unspecified atom stereocenters. The zero-order chi connectivity index (χ0) is 13.0. The summed E-state index contributed by atoms with van der Waals surface area (Å²) in [4.78, 5) is 12.3. The van der Waals surface area contributed by atoms with Gasteiger partial charge in [-0.25, -0.2) is 0 Å². The average molecular weight is 252 g/mol. The number of nitrogens with one attached hydrogen (secondary N) is 2. The van der Waals surface area contributed by atoms with Crippen molar-refractivity contribution < 1.29 is 4.79 Å². The molecule has 3 heteroatoms. The number of amides is 1. The quantitative estimate of drug-likeness (QED) is 0.809. The summed E-state index contributed by atoms with van der Waals surface area (Å²) in [6.07, 6.45) is 7.46. The molecule has 1 aliphatic heterocycles. The molecule has 1 amide bonds. The molecule has 0 aromatic rings. The highest BCUT2D eigenvalue weighted by Gasteiger charge is 2.35. The number of hydrogen-bond donors (Lipinski definition) is 2. The number of hydrogen-bond acceptors (Lipinski definition) is 2. The van der Waals surface area contributed by atoms with Crippen molar-refractivity contribution in [3.63, 3.8) is 0 Å². The Bertz CT molecular complexity index is 284. The van der Waals surface area contributed by atoms with Crippen molar-refractivity contribution in [3.05, 3.63) is 0 Å². The van der Waals surface area contributed by atoms with E-state index in [9.17, 15) is 4.79 Å². The van der Waals surface area contributed by atoms with Gasteiger partial charge in [0.25, 0.3) is 0 Å². The number of carbonyl (C=O) groups excluding carboxylic acids is 1. The van der Waals surface area contributed by atoms with Crippen molar-refractivity contribution in [3.8, 4) is 0 Å². The van der Waals surface area contributed by atoms with E-state index in [4.69, 9.17) is 0 Å². The van der Waals surface area contributed by atoms with E-state index in [1.54, 1.807) is 0 Å². The Morgan fingerprint density at radius 1 is 1.33 bits per heavy atom. The van der Waals surface area contributed by atoms with Crippen molar-refractivity contribution in [2.45, 2.75) is 52.4 Å². The van der Waals surface area contributed by atoms with Gasteiger partial charge in [0.15, 0.2) is 0 Å². The fourth-order valence-corrected chi connectivity index (χ4v) is 3.38. The van der Waals surface area contributed by atoms with Crippen molar-refractivity contribution in [1.29, 1.82) is 0 Å². The first-order valence-electron chi connectivity index (χ1n) is 7.61. The summed E-state index contributed by atoms with van der Waals surface area (Å²) in [6, 6.07) is 0. The summed E-state index contributed by atoms with van der Waals surface area (Å²) in [6.45, 7) is 7.20. The molecule has 0 spiro atoms. The van der Waals surface area contributed by atoms with Crippen LogP contribution in [0.2, 0.25) is 0 Å². The molecule has 0 aromatic heterocycles. The first kappa shape index (κ1) is 13.9. The van der Waals surface area contributed by atoms with Gasteiger partial charge in [0.2, 0.25) is 5.91 Å². The molecule has 3 nitrogen and oxygen atoms in total. The van der Waals surface area contributed by atoms with Crippen LogP contribution in [0.5, 0.6) is 0 Å². The SMILES string of the molecule is CC1CCCCC1CNC(=O)C1(C)CCCNC1. The van der Waals surface area contributed by atoms with Crippen LogP contribution in [0.15, 0.2) is 0 Å². The Hall–Kier alpha value is -0.570. The highest BCUT2D eigenvalue weighted by atomic mass is 16.2. The molecule has 0 radical (unpaired) electrons.